The molecule has 0 fully saturated rings. The van der Waals surface area contributed by atoms with Crippen LogP contribution in [0.15, 0.2) is 24.3 Å². The number of benzene rings is 1. The third-order valence-electron chi connectivity index (χ3n) is 2.85. The second-order valence-electron chi connectivity index (χ2n) is 4.74. The lowest BCUT2D eigenvalue weighted by molar-refractivity contribution is -0.120. The van der Waals surface area contributed by atoms with Crippen molar-refractivity contribution in [3.05, 3.63) is 29.8 Å². The van der Waals surface area contributed by atoms with Crippen molar-refractivity contribution in [3.8, 4) is 6.07 Å². The minimum Gasteiger partial charge on any atom is -0.378 e. The van der Waals surface area contributed by atoms with Crippen molar-refractivity contribution in [1.29, 1.82) is 5.26 Å². The van der Waals surface area contributed by atoms with E-state index in [-0.39, 0.29) is 18.2 Å². The number of rotatable bonds is 7. The standard InChI is InChI=1S/C15H20N4O2/c1-19(2)13-6-4-12(5-7-13)15(21)18-11-3-10-17-14(20)8-9-16/h4-7H,3,8,10-11H2,1-2H3,(H,17,20)(H,18,21). The number of hydrogen-bond donors (Lipinski definition) is 2. The maximum atomic E-state index is 11.9. The zero-order chi connectivity index (χ0) is 15.7. The minimum absolute atomic E-state index is 0.134. The second kappa shape index (κ2) is 8.59. The van der Waals surface area contributed by atoms with Gasteiger partial charge in [-0.25, -0.2) is 0 Å². The fourth-order valence-electron chi connectivity index (χ4n) is 1.67. The molecule has 21 heavy (non-hydrogen) atoms. The van der Waals surface area contributed by atoms with Gasteiger partial charge in [0.25, 0.3) is 5.91 Å². The summed E-state index contributed by atoms with van der Waals surface area (Å²) < 4.78 is 0. The van der Waals surface area contributed by atoms with Crippen molar-refractivity contribution in [1.82, 2.24) is 10.6 Å². The van der Waals surface area contributed by atoms with Crippen LogP contribution in [0.25, 0.3) is 0 Å². The van der Waals surface area contributed by atoms with Gasteiger partial charge < -0.3 is 15.5 Å². The van der Waals surface area contributed by atoms with Gasteiger partial charge in [0.2, 0.25) is 5.91 Å². The third-order valence-corrected chi connectivity index (χ3v) is 2.85. The summed E-state index contributed by atoms with van der Waals surface area (Å²) in [5, 5.41) is 13.7. The summed E-state index contributed by atoms with van der Waals surface area (Å²) in [6.45, 7) is 0.918. The lowest BCUT2D eigenvalue weighted by Crippen LogP contribution is -2.29. The van der Waals surface area contributed by atoms with Crippen molar-refractivity contribution in [2.45, 2.75) is 12.8 Å². The van der Waals surface area contributed by atoms with Gasteiger partial charge in [-0.2, -0.15) is 5.26 Å². The van der Waals surface area contributed by atoms with Gasteiger partial charge in [-0.05, 0) is 30.7 Å². The highest BCUT2D eigenvalue weighted by Crippen LogP contribution is 2.11. The van der Waals surface area contributed by atoms with Gasteiger partial charge in [-0.1, -0.05) is 0 Å². The highest BCUT2D eigenvalue weighted by molar-refractivity contribution is 5.94. The van der Waals surface area contributed by atoms with Crippen molar-refractivity contribution >= 4 is 17.5 Å². The van der Waals surface area contributed by atoms with E-state index in [1.807, 2.05) is 31.1 Å². The summed E-state index contributed by atoms with van der Waals surface area (Å²) in [4.78, 5) is 24.9. The molecule has 112 valence electrons. The first-order valence-electron chi connectivity index (χ1n) is 6.74. The fourth-order valence-corrected chi connectivity index (χ4v) is 1.67. The van der Waals surface area contributed by atoms with Gasteiger partial charge in [0.15, 0.2) is 0 Å². The molecule has 6 heteroatoms. The summed E-state index contributed by atoms with van der Waals surface area (Å²) in [5.74, 6) is -0.424. The molecular weight excluding hydrogens is 268 g/mol. The van der Waals surface area contributed by atoms with Gasteiger partial charge >= 0.3 is 0 Å². The normalized spacial score (nSPS) is 9.57. The molecule has 0 aliphatic heterocycles. The smallest absolute Gasteiger partial charge is 0.251 e. The van der Waals surface area contributed by atoms with Crippen LogP contribution in [0, 0.1) is 11.3 Å². The van der Waals surface area contributed by atoms with E-state index in [1.165, 1.54) is 0 Å². The zero-order valence-corrected chi connectivity index (χ0v) is 12.3. The Hall–Kier alpha value is -2.55. The van der Waals surface area contributed by atoms with Crippen molar-refractivity contribution in [3.63, 3.8) is 0 Å². The average Bonchev–Trinajstić information content (AvgIpc) is 2.47. The van der Waals surface area contributed by atoms with Crippen LogP contribution < -0.4 is 15.5 Å². The molecule has 1 aromatic rings. The zero-order valence-electron chi connectivity index (χ0n) is 12.3. The van der Waals surface area contributed by atoms with Crippen LogP contribution in [0.2, 0.25) is 0 Å². The number of amides is 2. The minimum atomic E-state index is -0.289. The molecule has 0 spiro atoms. The number of nitriles is 1. The van der Waals surface area contributed by atoms with E-state index < -0.39 is 0 Å². The van der Waals surface area contributed by atoms with Crippen LogP contribution in [0.3, 0.4) is 0 Å². The Morgan fingerprint density at radius 3 is 2.33 bits per heavy atom. The summed E-state index contributed by atoms with van der Waals surface area (Å²) in [7, 11) is 3.88. The van der Waals surface area contributed by atoms with E-state index in [2.05, 4.69) is 10.6 Å². The van der Waals surface area contributed by atoms with Crippen LogP contribution in [0.4, 0.5) is 5.69 Å². The summed E-state index contributed by atoms with van der Waals surface area (Å²) in [6, 6.07) is 9.10. The van der Waals surface area contributed by atoms with Gasteiger partial charge in [0.1, 0.15) is 6.42 Å². The van der Waals surface area contributed by atoms with Crippen LogP contribution >= 0.6 is 0 Å². The molecule has 0 atom stereocenters. The molecule has 0 saturated carbocycles. The predicted molar refractivity (Wildman–Crippen MR) is 81.0 cm³/mol. The molecule has 6 nitrogen and oxygen atoms in total. The SMILES string of the molecule is CN(C)c1ccc(C(=O)NCCCNC(=O)CC#N)cc1. The molecule has 0 aliphatic carbocycles. The molecular formula is C15H20N4O2. The number of nitrogens with one attached hydrogen (secondary N) is 2. The predicted octanol–water partition coefficient (Wildman–Crippen LogP) is 0.902. The Balaban J connectivity index is 2.28. The Kier molecular flexibility index (Phi) is 6.75. The number of carbonyl (C=O) groups excluding carboxylic acids is 2. The maximum Gasteiger partial charge on any atom is 0.251 e. The molecule has 2 amide bonds. The van der Waals surface area contributed by atoms with Gasteiger partial charge in [-0.15, -0.1) is 0 Å². The third kappa shape index (κ3) is 5.95. The Bertz CT molecular complexity index is 517. The van der Waals surface area contributed by atoms with Crippen LogP contribution in [0.5, 0.6) is 0 Å². The molecule has 2 N–H and O–H groups in total. The summed E-state index contributed by atoms with van der Waals surface area (Å²) >= 11 is 0. The van der Waals surface area contributed by atoms with E-state index in [9.17, 15) is 9.59 Å². The van der Waals surface area contributed by atoms with E-state index >= 15 is 0 Å². The molecule has 0 heterocycles. The van der Waals surface area contributed by atoms with Gasteiger partial charge in [0.05, 0.1) is 6.07 Å². The highest BCUT2D eigenvalue weighted by Gasteiger charge is 2.05. The molecule has 1 aromatic carbocycles. The number of hydrogen-bond acceptors (Lipinski definition) is 4. The van der Waals surface area contributed by atoms with E-state index in [1.54, 1.807) is 18.2 Å². The average molecular weight is 288 g/mol. The molecule has 0 saturated heterocycles. The molecule has 0 radical (unpaired) electrons. The maximum absolute atomic E-state index is 11.9. The Morgan fingerprint density at radius 1 is 1.14 bits per heavy atom. The van der Waals surface area contributed by atoms with E-state index in [4.69, 9.17) is 5.26 Å². The number of nitrogens with zero attached hydrogens (tertiary/aromatic N) is 2. The summed E-state index contributed by atoms with van der Waals surface area (Å²) in [5.41, 5.74) is 1.64. The summed E-state index contributed by atoms with van der Waals surface area (Å²) in [6.07, 6.45) is 0.489. The van der Waals surface area contributed by atoms with Crippen LogP contribution in [-0.2, 0) is 4.79 Å². The largest absolute Gasteiger partial charge is 0.378 e. The Morgan fingerprint density at radius 2 is 1.76 bits per heavy atom. The van der Waals surface area contributed by atoms with Gasteiger partial charge in [0, 0.05) is 38.4 Å². The lowest BCUT2D eigenvalue weighted by atomic mass is 10.2. The highest BCUT2D eigenvalue weighted by atomic mass is 16.2. The molecule has 0 unspecified atom stereocenters. The topological polar surface area (TPSA) is 85.2 Å². The quantitative estimate of drug-likeness (QED) is 0.730. The molecule has 1 rings (SSSR count). The van der Waals surface area contributed by atoms with Crippen LogP contribution in [-0.4, -0.2) is 39.0 Å². The lowest BCUT2D eigenvalue weighted by Gasteiger charge is -2.12. The second-order valence-corrected chi connectivity index (χ2v) is 4.74. The van der Waals surface area contributed by atoms with E-state index in [0.717, 1.165) is 5.69 Å². The van der Waals surface area contributed by atoms with Crippen molar-refractivity contribution < 1.29 is 9.59 Å². The Labute approximate surface area is 124 Å². The van der Waals surface area contributed by atoms with Crippen molar-refractivity contribution in [2.75, 3.05) is 32.1 Å². The number of carbonyl (C=O) groups is 2. The van der Waals surface area contributed by atoms with Gasteiger partial charge in [-0.3, -0.25) is 9.59 Å². The molecule has 0 bridgehead atoms. The fraction of sp³-hybridized carbons (Fsp3) is 0.400. The van der Waals surface area contributed by atoms with Crippen molar-refractivity contribution in [2.24, 2.45) is 0 Å². The first kappa shape index (κ1) is 16.5. The van der Waals surface area contributed by atoms with Crippen LogP contribution in [0.1, 0.15) is 23.2 Å². The molecule has 0 aliphatic rings. The van der Waals surface area contributed by atoms with E-state index in [0.29, 0.717) is 25.1 Å². The first-order valence-corrected chi connectivity index (χ1v) is 6.74. The molecule has 0 aromatic heterocycles. The first-order chi connectivity index (χ1) is 10.0. The monoisotopic (exact) mass is 288 g/mol. The number of anilines is 1.